The van der Waals surface area contributed by atoms with E-state index in [0.717, 1.165) is 69.4 Å². The molecule has 47 nitrogen and oxygen atoms in total. The number of aliphatic carboxylic acids is 10. The Morgan fingerprint density at radius 3 is 1.06 bits per heavy atom. The fourth-order valence-electron chi connectivity index (χ4n) is 6.00. The van der Waals surface area contributed by atoms with Crippen LogP contribution in [0.4, 0.5) is 0 Å². The van der Waals surface area contributed by atoms with E-state index < -0.39 is 150 Å². The number of thiol groups is 2. The van der Waals surface area contributed by atoms with E-state index >= 15 is 0 Å². The number of nitrogens with one attached hydrogen (secondary N) is 4. The molecule has 4 heterocycles. The standard InChI is InChI=1S/C11H14N2O4.C9H17N3O5S.C6H9N3O2.3C5H9NO2.2C4H8N2O3.C3H7NO2S.2C2H5NO2/c12-6-10(14)17-8-3-1-7(2-4-8)5-9(13)11(15)16;1-4(10)7(13)16-2-5(11)8(14)17-9(15)6(12)3-18;7-5(6(10)11)1-4-2-8-3-9-4;3*7-5(8)4-2-1-3-6-4;2*5-2(4(8)9)1-3(6)7;4-2(1-7)3(5)6;2*3-1-2(4)5/h1-4,9H,5-6,12-13H2,(H,15,16);4-6,18H,2-3,10-12H2,1H3;2-3,5H,1,7H2,(H,8,9)(H,10,11);3*4,6H,1-3H2,(H,7,8);2*2H,1,5H2,(H2,6,7)(H,8,9);2,7H,1,4H2,(H,5,6);2*1,3H2,(H,4,5)/t9-;4-,5-,6-;5-;3*4-;3*2-;;/m000000000../s1. The van der Waals surface area contributed by atoms with Crippen molar-refractivity contribution in [2.75, 3.05) is 57.4 Å². The Hall–Kier alpha value is -9.71. The number of carboxylic acid groups (broad SMARTS) is 10. The first-order chi connectivity index (χ1) is 48.7. The van der Waals surface area contributed by atoms with E-state index in [1.807, 2.05) is 0 Å². The van der Waals surface area contributed by atoms with Crippen molar-refractivity contribution >= 4 is 121 Å². The Morgan fingerprint density at radius 2 is 0.829 bits per heavy atom. The number of benzene rings is 1. The third kappa shape index (κ3) is 64.8. The predicted molar refractivity (Wildman–Crippen MR) is 372 cm³/mol. The molecule has 0 aliphatic carbocycles. The van der Waals surface area contributed by atoms with Crippen molar-refractivity contribution in [1.82, 2.24) is 25.9 Å². The van der Waals surface area contributed by atoms with E-state index in [1.165, 1.54) is 13.3 Å². The molecule has 0 bridgehead atoms. The molecule has 3 aliphatic rings. The Bertz CT molecular complexity index is 2820. The number of rotatable bonds is 27. The van der Waals surface area contributed by atoms with E-state index in [2.05, 4.69) is 83.6 Å². The molecule has 105 heavy (non-hydrogen) atoms. The van der Waals surface area contributed by atoms with Gasteiger partial charge in [0.05, 0.1) is 38.8 Å². The SMILES string of the molecule is C[C@H](N)C(=O)OC[C@H](N)C(=O)OC(=O)[C@@H](N)CS.NC(=O)C[C@H](N)C(=O)O.NC(=O)C[C@H](N)C(=O)O.NCC(=O)O.NCC(=O)O.NCC(=O)Oc1ccc(C[C@H](N)C(=O)O)cc1.N[C@@H](CS)C(=O)O.N[C@@H](Cc1cnc[nH]1)C(=O)O.O=C(O)[C@@H]1CCCN1.O=C(O)[C@@H]1CCCN1.O=C(O)[C@@H]1CCCN1. The number of carbonyl (C=O) groups is 16. The van der Waals surface area contributed by atoms with Crippen LogP contribution in [0.15, 0.2) is 36.8 Å². The van der Waals surface area contributed by atoms with Gasteiger partial charge in [-0.05, 0) is 89.2 Å². The van der Waals surface area contributed by atoms with Crippen molar-refractivity contribution < 1.29 is 142 Å². The van der Waals surface area contributed by atoms with E-state index in [9.17, 15) is 76.7 Å². The number of aromatic amines is 1. The van der Waals surface area contributed by atoms with Crippen molar-refractivity contribution in [2.24, 2.45) is 74.5 Å². The minimum atomic E-state index is -1.27. The third-order valence-electron chi connectivity index (χ3n) is 11.6. The molecule has 0 saturated carbocycles. The van der Waals surface area contributed by atoms with Gasteiger partial charge in [-0.3, -0.25) is 67.1 Å². The maximum Gasteiger partial charge on any atom is 0.334 e. The van der Waals surface area contributed by atoms with Crippen LogP contribution in [-0.2, 0) is 99.0 Å². The van der Waals surface area contributed by atoms with Gasteiger partial charge < -0.3 is 161 Å². The number of nitrogens with zero attached hydrogens (tertiary/aromatic N) is 1. The van der Waals surface area contributed by atoms with Gasteiger partial charge in [-0.15, -0.1) is 0 Å². The Labute approximate surface area is 609 Å². The summed E-state index contributed by atoms with van der Waals surface area (Å²) in [6.07, 6.45) is 8.29. The number of aromatic nitrogens is 2. The molecule has 0 radical (unpaired) electrons. The van der Waals surface area contributed by atoms with Crippen molar-refractivity contribution in [1.29, 1.82) is 0 Å². The summed E-state index contributed by atoms with van der Waals surface area (Å²) in [6.45, 7) is 2.82. The van der Waals surface area contributed by atoms with Crippen molar-refractivity contribution in [3.8, 4) is 5.75 Å². The molecule has 0 unspecified atom stereocenters. The number of primary amides is 2. The Balaban J connectivity index is -0.000000263. The Kier molecular flexibility index (Phi) is 64.7. The predicted octanol–water partition coefficient (Wildman–Crippen LogP) is -10.2. The molecule has 3 fully saturated rings. The van der Waals surface area contributed by atoms with E-state index in [1.54, 1.807) is 30.5 Å². The molecule has 3 saturated heterocycles. The topological polar surface area (TPSA) is 906 Å². The fraction of sp³-hybridized carbons (Fsp3) is 0.554. The molecule has 5 rings (SSSR count). The highest BCUT2D eigenvalue weighted by Gasteiger charge is 2.26. The van der Waals surface area contributed by atoms with E-state index in [-0.39, 0.29) is 74.9 Å². The van der Waals surface area contributed by atoms with Crippen LogP contribution in [0.25, 0.3) is 0 Å². The number of ether oxygens (including phenoxy) is 3. The van der Waals surface area contributed by atoms with Gasteiger partial charge in [-0.25, -0.2) is 14.6 Å². The molecule has 0 spiro atoms. The molecule has 1 aromatic carbocycles. The summed E-state index contributed by atoms with van der Waals surface area (Å²) >= 11 is 7.42. The van der Waals surface area contributed by atoms with Crippen molar-refractivity contribution in [3.63, 3.8) is 0 Å². The minimum Gasteiger partial charge on any atom is -0.480 e. The highest BCUT2D eigenvalue weighted by atomic mass is 32.1. The second kappa shape index (κ2) is 63.9. The molecular formula is C56H100N18O29S2. The number of nitrogens with two attached hydrogens (primary N) is 13. The monoisotopic (exact) mass is 1550 g/mol. The molecule has 1 aromatic heterocycles. The first-order valence-electron chi connectivity index (χ1n) is 30.3. The zero-order chi connectivity index (χ0) is 82.7. The van der Waals surface area contributed by atoms with Gasteiger partial charge in [0.1, 0.15) is 78.8 Å². The molecular weight excluding hydrogens is 1450 g/mol. The lowest BCUT2D eigenvalue weighted by Gasteiger charge is -2.13. The highest BCUT2D eigenvalue weighted by molar-refractivity contribution is 7.80. The normalized spacial score (nSPS) is 16.1. The van der Waals surface area contributed by atoms with Crippen LogP contribution in [0.2, 0.25) is 0 Å². The zero-order valence-electron chi connectivity index (χ0n) is 56.8. The molecule has 2 amide bonds. The maximum absolute atomic E-state index is 11.3. The van der Waals surface area contributed by atoms with Gasteiger partial charge in [0.15, 0.2) is 0 Å². The van der Waals surface area contributed by atoms with Gasteiger partial charge in [-0.2, -0.15) is 25.3 Å². The van der Waals surface area contributed by atoms with Crippen LogP contribution in [0, 0.1) is 0 Å². The van der Waals surface area contributed by atoms with Gasteiger partial charge in [0.2, 0.25) is 11.8 Å². The van der Waals surface area contributed by atoms with Crippen molar-refractivity contribution in [3.05, 3.63) is 48.0 Å². The number of esters is 4. The summed E-state index contributed by atoms with van der Waals surface area (Å²) in [5.74, 6) is -13.6. The zero-order valence-corrected chi connectivity index (χ0v) is 58.6. The number of carbonyl (C=O) groups excluding carboxylic acids is 6. The Morgan fingerprint density at radius 1 is 0.486 bits per heavy atom. The number of carboxylic acids is 10. The lowest BCUT2D eigenvalue weighted by molar-refractivity contribution is -0.163. The summed E-state index contributed by atoms with van der Waals surface area (Å²) < 4.78 is 13.8. The number of imidazole rings is 1. The minimum absolute atomic E-state index is 0.0288. The van der Waals surface area contributed by atoms with Gasteiger partial charge in [-0.1, -0.05) is 12.1 Å². The molecule has 600 valence electrons. The van der Waals surface area contributed by atoms with Gasteiger partial charge in [0, 0.05) is 29.8 Å². The average Bonchev–Trinajstić information content (AvgIpc) is 1.89. The summed E-state index contributed by atoms with van der Waals surface area (Å²) in [6, 6.07) is -2.41. The van der Waals surface area contributed by atoms with Crippen LogP contribution in [0.5, 0.6) is 5.75 Å². The number of amides is 2. The molecule has 40 N–H and O–H groups in total. The first kappa shape index (κ1) is 106. The van der Waals surface area contributed by atoms with E-state index in [0.29, 0.717) is 5.75 Å². The number of H-pyrrole nitrogens is 1. The van der Waals surface area contributed by atoms with Gasteiger partial charge in [0.25, 0.3) is 0 Å². The quantitative estimate of drug-likeness (QED) is 0.0171. The van der Waals surface area contributed by atoms with Crippen LogP contribution in [-0.4, -0.2) is 280 Å². The molecule has 3 aliphatic heterocycles. The van der Waals surface area contributed by atoms with Crippen LogP contribution >= 0.6 is 25.3 Å². The summed E-state index contributed by atoms with van der Waals surface area (Å²) in [5.41, 5.74) is 66.3. The smallest absolute Gasteiger partial charge is 0.334 e. The summed E-state index contributed by atoms with van der Waals surface area (Å²) in [5, 5.41) is 90.1. The van der Waals surface area contributed by atoms with Crippen LogP contribution in [0.3, 0.4) is 0 Å². The number of hydrogen-bond acceptors (Lipinski definition) is 36. The van der Waals surface area contributed by atoms with Crippen LogP contribution in [0.1, 0.15) is 69.5 Å². The maximum atomic E-state index is 11.3. The lowest BCUT2D eigenvalue weighted by Crippen LogP contribution is -2.43. The van der Waals surface area contributed by atoms with E-state index in [4.69, 9.17) is 107 Å². The third-order valence-corrected chi connectivity index (χ3v) is 12.4. The molecule has 2 aromatic rings. The van der Waals surface area contributed by atoms with Gasteiger partial charge >= 0.3 is 83.6 Å². The summed E-state index contributed by atoms with van der Waals surface area (Å²) in [4.78, 5) is 170. The average molecular weight is 1550 g/mol. The lowest BCUT2D eigenvalue weighted by atomic mass is 10.1. The first-order valence-corrected chi connectivity index (χ1v) is 31.6. The molecule has 11 atom stereocenters. The summed E-state index contributed by atoms with van der Waals surface area (Å²) in [7, 11) is 0. The number of hydrogen-bond donors (Lipinski definition) is 29. The van der Waals surface area contributed by atoms with Crippen molar-refractivity contribution in [2.45, 2.75) is 138 Å². The fourth-order valence-corrected chi connectivity index (χ4v) is 6.30. The largest absolute Gasteiger partial charge is 0.480 e. The second-order valence-corrected chi connectivity index (χ2v) is 21.5. The second-order valence-electron chi connectivity index (χ2n) is 20.8. The van der Waals surface area contributed by atoms with Crippen LogP contribution < -0.4 is 95.2 Å². The molecule has 49 heteroatoms. The highest BCUT2D eigenvalue weighted by Crippen LogP contribution is 2.14.